The number of alkyl halides is 3. The molecular weight excluding hydrogens is 613 g/mol. The van der Waals surface area contributed by atoms with Gasteiger partial charge in [-0.25, -0.2) is 4.79 Å². The van der Waals surface area contributed by atoms with Crippen molar-refractivity contribution in [1.82, 2.24) is 0 Å². The number of anilines is 1. The molecule has 45 heavy (non-hydrogen) atoms. The summed E-state index contributed by atoms with van der Waals surface area (Å²) in [6.07, 6.45) is -4.73. The number of benzene rings is 3. The lowest BCUT2D eigenvalue weighted by atomic mass is 9.67. The average molecular weight is 641 g/mol. The molecule has 0 bridgehead atoms. The zero-order valence-electron chi connectivity index (χ0n) is 24.4. The van der Waals surface area contributed by atoms with Crippen molar-refractivity contribution in [2.45, 2.75) is 24.4 Å². The Morgan fingerprint density at radius 1 is 0.933 bits per heavy atom. The van der Waals surface area contributed by atoms with Gasteiger partial charge in [0.15, 0.2) is 5.78 Å². The number of ether oxygens (including phenoxy) is 3. The number of carbonyl (C=O) groups excluding carboxylic acids is 3. The van der Waals surface area contributed by atoms with Gasteiger partial charge < -0.3 is 19.9 Å². The van der Waals surface area contributed by atoms with Gasteiger partial charge in [0.1, 0.15) is 17.5 Å². The Morgan fingerprint density at radius 2 is 1.62 bits per heavy atom. The monoisotopic (exact) mass is 640 g/mol. The van der Waals surface area contributed by atoms with E-state index in [0.29, 0.717) is 21.9 Å². The molecule has 0 saturated heterocycles. The second kappa shape index (κ2) is 12.3. The maximum Gasteiger partial charge on any atom is 0.416 e. The van der Waals surface area contributed by atoms with Crippen molar-refractivity contribution >= 4 is 35.0 Å². The SMILES string of the molecule is COC(=O)C1=C(N)N(c2cccc(C(F)(F)F)c2)C2=C(C(=O)[C@H](C(=O)OC)[C@@H](c3ccc(OC)cc3)C2)[C@H]1c1cccc(Cl)c1. The summed E-state index contributed by atoms with van der Waals surface area (Å²) < 4.78 is 57.0. The van der Waals surface area contributed by atoms with Crippen LogP contribution in [0.1, 0.15) is 34.9 Å². The molecule has 2 aliphatic rings. The number of Topliss-reactive ketones (excluding diaryl/α,β-unsaturated/α-hetero) is 1. The topological polar surface area (TPSA) is 108 Å². The van der Waals surface area contributed by atoms with Gasteiger partial charge in [0.2, 0.25) is 0 Å². The first-order valence-electron chi connectivity index (χ1n) is 13.7. The van der Waals surface area contributed by atoms with E-state index in [0.717, 1.165) is 26.4 Å². The lowest BCUT2D eigenvalue weighted by Crippen LogP contribution is -2.46. The molecule has 5 rings (SSSR count). The van der Waals surface area contributed by atoms with Gasteiger partial charge >= 0.3 is 18.1 Å². The highest BCUT2D eigenvalue weighted by molar-refractivity contribution is 6.30. The predicted molar refractivity (Wildman–Crippen MR) is 159 cm³/mol. The number of halogens is 4. The normalized spacial score (nSPS) is 20.1. The highest BCUT2D eigenvalue weighted by Gasteiger charge is 2.51. The molecule has 0 amide bonds. The number of carbonyl (C=O) groups is 3. The summed E-state index contributed by atoms with van der Waals surface area (Å²) in [7, 11) is 3.77. The highest BCUT2D eigenvalue weighted by Crippen LogP contribution is 2.52. The number of rotatable bonds is 6. The van der Waals surface area contributed by atoms with E-state index in [-0.39, 0.29) is 34.8 Å². The van der Waals surface area contributed by atoms with Crippen LogP contribution in [0.4, 0.5) is 18.9 Å². The molecule has 3 atom stereocenters. The zero-order valence-corrected chi connectivity index (χ0v) is 25.1. The van der Waals surface area contributed by atoms with Crippen LogP contribution >= 0.6 is 11.6 Å². The lowest BCUT2D eigenvalue weighted by Gasteiger charge is -2.44. The number of esters is 2. The Labute approximate surface area is 261 Å². The molecular formula is C33H28ClF3N2O6. The number of ketones is 1. The van der Waals surface area contributed by atoms with E-state index in [1.54, 1.807) is 48.5 Å². The minimum absolute atomic E-state index is 0.00978. The number of hydrogen-bond acceptors (Lipinski definition) is 8. The first-order chi connectivity index (χ1) is 21.4. The molecule has 0 saturated carbocycles. The average Bonchev–Trinajstić information content (AvgIpc) is 3.03. The molecule has 12 heteroatoms. The first kappa shape index (κ1) is 31.6. The molecule has 0 spiro atoms. The lowest BCUT2D eigenvalue weighted by molar-refractivity contribution is -0.150. The fraction of sp³-hybridized carbons (Fsp3) is 0.242. The maximum absolute atomic E-state index is 14.7. The summed E-state index contributed by atoms with van der Waals surface area (Å²) in [6.45, 7) is 0. The van der Waals surface area contributed by atoms with Crippen LogP contribution in [0.2, 0.25) is 5.02 Å². The highest BCUT2D eigenvalue weighted by atomic mass is 35.5. The molecule has 1 heterocycles. The number of hydrogen-bond donors (Lipinski definition) is 1. The smallest absolute Gasteiger partial charge is 0.416 e. The van der Waals surface area contributed by atoms with Crippen LogP contribution < -0.4 is 15.4 Å². The van der Waals surface area contributed by atoms with Crippen molar-refractivity contribution in [3.63, 3.8) is 0 Å². The van der Waals surface area contributed by atoms with Gasteiger partial charge in [-0.1, -0.05) is 41.9 Å². The number of nitrogens with two attached hydrogens (primary N) is 1. The van der Waals surface area contributed by atoms with E-state index in [1.165, 1.54) is 24.1 Å². The fourth-order valence-electron chi connectivity index (χ4n) is 6.04. The third-order valence-electron chi connectivity index (χ3n) is 8.06. The molecule has 0 fully saturated rings. The molecule has 234 valence electrons. The van der Waals surface area contributed by atoms with Crippen molar-refractivity contribution in [3.8, 4) is 5.75 Å². The summed E-state index contributed by atoms with van der Waals surface area (Å²) in [4.78, 5) is 42.7. The van der Waals surface area contributed by atoms with E-state index >= 15 is 0 Å². The predicted octanol–water partition coefficient (Wildman–Crippen LogP) is 6.11. The Hall–Kier alpha value is -4.77. The van der Waals surface area contributed by atoms with Gasteiger partial charge in [0.05, 0.1) is 38.4 Å². The Morgan fingerprint density at radius 3 is 2.22 bits per heavy atom. The molecule has 2 N–H and O–H groups in total. The summed E-state index contributed by atoms with van der Waals surface area (Å²) in [5.41, 5.74) is 6.66. The Bertz CT molecular complexity index is 1730. The van der Waals surface area contributed by atoms with E-state index in [2.05, 4.69) is 0 Å². The summed E-state index contributed by atoms with van der Waals surface area (Å²) >= 11 is 6.32. The molecule has 0 radical (unpaired) electrons. The summed E-state index contributed by atoms with van der Waals surface area (Å²) in [5.74, 6) is -5.44. The summed E-state index contributed by atoms with van der Waals surface area (Å²) in [6, 6.07) is 17.5. The van der Waals surface area contributed by atoms with E-state index in [1.807, 2.05) is 0 Å². The minimum atomic E-state index is -4.69. The number of methoxy groups -OCH3 is 3. The van der Waals surface area contributed by atoms with Crippen LogP contribution in [0.15, 0.2) is 95.5 Å². The quantitative estimate of drug-likeness (QED) is 0.254. The van der Waals surface area contributed by atoms with Gasteiger partial charge in [-0.2, -0.15) is 13.2 Å². The molecule has 1 aliphatic heterocycles. The third kappa shape index (κ3) is 5.75. The standard InChI is InChI=1S/C33H28ClF3N2O6/c1-43-22-12-10-17(11-13-22)23-16-24-27(29(40)26(23)31(41)44-2)25(18-6-4-8-20(34)14-18)28(32(42)45-3)30(38)39(24)21-9-5-7-19(15-21)33(35,36)37/h4-15,23,25-26H,16,38H2,1-3H3/t23-,25-,26-/m1/s1. The fourth-order valence-corrected chi connectivity index (χ4v) is 6.23. The van der Waals surface area contributed by atoms with Crippen molar-refractivity contribution in [2.24, 2.45) is 11.7 Å². The first-order valence-corrected chi connectivity index (χ1v) is 14.1. The summed E-state index contributed by atoms with van der Waals surface area (Å²) in [5, 5.41) is 0.293. The van der Waals surface area contributed by atoms with Crippen LogP contribution in [-0.4, -0.2) is 39.1 Å². The molecule has 3 aromatic rings. The van der Waals surface area contributed by atoms with Gasteiger partial charge in [-0.15, -0.1) is 0 Å². The van der Waals surface area contributed by atoms with Crippen LogP contribution in [0.3, 0.4) is 0 Å². The largest absolute Gasteiger partial charge is 0.497 e. The molecule has 0 unspecified atom stereocenters. The molecule has 1 aliphatic carbocycles. The van der Waals surface area contributed by atoms with Crippen molar-refractivity contribution in [1.29, 1.82) is 0 Å². The minimum Gasteiger partial charge on any atom is -0.497 e. The van der Waals surface area contributed by atoms with Crippen LogP contribution in [-0.2, 0) is 30.0 Å². The van der Waals surface area contributed by atoms with E-state index in [9.17, 15) is 27.6 Å². The maximum atomic E-state index is 14.7. The number of nitrogens with zero attached hydrogens (tertiary/aromatic N) is 1. The Balaban J connectivity index is 1.84. The van der Waals surface area contributed by atoms with Gasteiger partial charge in [0, 0.05) is 27.9 Å². The van der Waals surface area contributed by atoms with Crippen LogP contribution in [0.5, 0.6) is 5.75 Å². The van der Waals surface area contributed by atoms with E-state index < -0.39 is 47.2 Å². The Kier molecular flexibility index (Phi) is 8.66. The second-order valence-corrected chi connectivity index (χ2v) is 10.9. The molecule has 8 nitrogen and oxygen atoms in total. The van der Waals surface area contributed by atoms with Gasteiger partial charge in [-0.05, 0) is 60.0 Å². The van der Waals surface area contributed by atoms with Gasteiger partial charge in [0.25, 0.3) is 0 Å². The molecule has 3 aromatic carbocycles. The van der Waals surface area contributed by atoms with Crippen molar-refractivity contribution in [2.75, 3.05) is 26.2 Å². The van der Waals surface area contributed by atoms with Crippen LogP contribution in [0, 0.1) is 5.92 Å². The van der Waals surface area contributed by atoms with Crippen LogP contribution in [0.25, 0.3) is 0 Å². The number of allylic oxidation sites excluding steroid dienone is 2. The second-order valence-electron chi connectivity index (χ2n) is 10.5. The van der Waals surface area contributed by atoms with Crippen molar-refractivity contribution < 1.29 is 41.8 Å². The molecule has 0 aromatic heterocycles. The van der Waals surface area contributed by atoms with Gasteiger partial charge in [-0.3, -0.25) is 14.5 Å². The van der Waals surface area contributed by atoms with Crippen molar-refractivity contribution in [3.05, 3.63) is 117 Å². The third-order valence-corrected chi connectivity index (χ3v) is 8.29. The van der Waals surface area contributed by atoms with E-state index in [4.69, 9.17) is 31.5 Å². The zero-order chi connectivity index (χ0) is 32.6.